The lowest BCUT2D eigenvalue weighted by atomic mass is 10.1. The van der Waals surface area contributed by atoms with Gasteiger partial charge in [-0.05, 0) is 43.7 Å². The smallest absolute Gasteiger partial charge is 0.406 e. The average Bonchev–Trinajstić information content (AvgIpc) is 2.53. The third-order valence-corrected chi connectivity index (χ3v) is 3.62. The molecule has 0 spiro atoms. The van der Waals surface area contributed by atoms with E-state index in [1.807, 2.05) is 0 Å². The molecule has 0 aromatic heterocycles. The van der Waals surface area contributed by atoms with Crippen molar-refractivity contribution in [2.24, 2.45) is 0 Å². The van der Waals surface area contributed by atoms with Crippen molar-refractivity contribution in [1.29, 1.82) is 0 Å². The van der Waals surface area contributed by atoms with Crippen LogP contribution in [-0.2, 0) is 0 Å². The maximum absolute atomic E-state index is 12.3. The van der Waals surface area contributed by atoms with Gasteiger partial charge in [-0.2, -0.15) is 0 Å². The Labute approximate surface area is 146 Å². The topological polar surface area (TPSA) is 81.5 Å². The van der Waals surface area contributed by atoms with Crippen LogP contribution in [0.1, 0.15) is 34.5 Å². The Bertz CT molecular complexity index is 820. The van der Waals surface area contributed by atoms with E-state index in [1.165, 1.54) is 37.3 Å². The fourth-order valence-corrected chi connectivity index (χ4v) is 2.32. The molecule has 1 N–H and O–H groups in total. The van der Waals surface area contributed by atoms with Crippen LogP contribution in [-0.4, -0.2) is 17.2 Å². The number of carbonyl (C=O) groups excluding carboxylic acids is 1. The van der Waals surface area contributed by atoms with Crippen molar-refractivity contribution in [2.75, 3.05) is 0 Å². The van der Waals surface area contributed by atoms with Gasteiger partial charge in [0.2, 0.25) is 0 Å². The molecule has 26 heavy (non-hydrogen) atoms. The fraction of sp³-hybridized carbons (Fsp3) is 0.235. The van der Waals surface area contributed by atoms with Crippen molar-refractivity contribution in [3.63, 3.8) is 0 Å². The number of amides is 1. The molecule has 0 bridgehead atoms. The van der Waals surface area contributed by atoms with E-state index in [0.717, 1.165) is 12.1 Å². The number of hydrogen-bond acceptors (Lipinski definition) is 4. The van der Waals surface area contributed by atoms with Crippen molar-refractivity contribution in [2.45, 2.75) is 26.3 Å². The molecule has 2 aromatic rings. The molecule has 0 heterocycles. The van der Waals surface area contributed by atoms with Gasteiger partial charge in [0.15, 0.2) is 0 Å². The van der Waals surface area contributed by atoms with Crippen LogP contribution in [0, 0.1) is 17.0 Å². The summed E-state index contributed by atoms with van der Waals surface area (Å²) in [6.07, 6.45) is -4.77. The van der Waals surface area contributed by atoms with Crippen LogP contribution in [0.25, 0.3) is 0 Å². The summed E-state index contributed by atoms with van der Waals surface area (Å²) in [5, 5.41) is 13.5. The van der Waals surface area contributed by atoms with Gasteiger partial charge in [-0.1, -0.05) is 12.1 Å². The van der Waals surface area contributed by atoms with Crippen molar-refractivity contribution in [3.05, 3.63) is 69.3 Å². The molecule has 138 valence electrons. The second-order valence-electron chi connectivity index (χ2n) is 5.57. The monoisotopic (exact) mass is 368 g/mol. The Morgan fingerprint density at radius 1 is 1.19 bits per heavy atom. The lowest BCUT2D eigenvalue weighted by Gasteiger charge is -2.15. The van der Waals surface area contributed by atoms with Gasteiger partial charge < -0.3 is 10.1 Å². The molecule has 0 aliphatic rings. The summed E-state index contributed by atoms with van der Waals surface area (Å²) in [4.78, 5) is 22.5. The number of nitrogens with one attached hydrogen (secondary N) is 1. The zero-order valence-electron chi connectivity index (χ0n) is 13.8. The van der Waals surface area contributed by atoms with Gasteiger partial charge in [0.1, 0.15) is 5.75 Å². The van der Waals surface area contributed by atoms with E-state index in [9.17, 15) is 28.1 Å². The summed E-state index contributed by atoms with van der Waals surface area (Å²) in [7, 11) is 0. The fourth-order valence-electron chi connectivity index (χ4n) is 2.32. The normalized spacial score (nSPS) is 12.3. The summed E-state index contributed by atoms with van der Waals surface area (Å²) in [5.74, 6) is -0.808. The van der Waals surface area contributed by atoms with Gasteiger partial charge in [-0.3, -0.25) is 14.9 Å². The van der Waals surface area contributed by atoms with E-state index in [4.69, 9.17) is 0 Å². The second kappa shape index (κ2) is 7.42. The minimum Gasteiger partial charge on any atom is -0.406 e. The zero-order valence-corrected chi connectivity index (χ0v) is 13.8. The van der Waals surface area contributed by atoms with Crippen LogP contribution in [0.5, 0.6) is 5.75 Å². The molecule has 0 saturated heterocycles. The first-order valence-electron chi connectivity index (χ1n) is 7.48. The van der Waals surface area contributed by atoms with Gasteiger partial charge in [0, 0.05) is 17.2 Å². The third kappa shape index (κ3) is 4.95. The molecule has 2 rings (SSSR count). The van der Waals surface area contributed by atoms with Crippen LogP contribution in [0.4, 0.5) is 18.9 Å². The minimum absolute atomic E-state index is 0.0881. The van der Waals surface area contributed by atoms with E-state index < -0.39 is 23.2 Å². The van der Waals surface area contributed by atoms with Crippen molar-refractivity contribution in [1.82, 2.24) is 5.32 Å². The molecular formula is C17H15F3N2O4. The lowest BCUT2D eigenvalue weighted by molar-refractivity contribution is -0.385. The first-order valence-corrected chi connectivity index (χ1v) is 7.48. The first-order chi connectivity index (χ1) is 12.1. The van der Waals surface area contributed by atoms with Gasteiger partial charge in [-0.25, -0.2) is 0 Å². The molecule has 0 aliphatic carbocycles. The summed E-state index contributed by atoms with van der Waals surface area (Å²) < 4.78 is 40.2. The number of aryl methyl sites for hydroxylation is 1. The second-order valence-corrected chi connectivity index (χ2v) is 5.57. The number of nitrogens with zero attached hydrogens (tertiary/aromatic N) is 1. The molecule has 1 atom stereocenters. The number of hydrogen-bond donors (Lipinski definition) is 1. The van der Waals surface area contributed by atoms with Crippen molar-refractivity contribution >= 4 is 11.6 Å². The van der Waals surface area contributed by atoms with Gasteiger partial charge in [-0.15, -0.1) is 13.2 Å². The summed E-state index contributed by atoms with van der Waals surface area (Å²) in [6, 6.07) is 8.63. The number of ether oxygens (including phenoxy) is 1. The third-order valence-electron chi connectivity index (χ3n) is 3.62. The zero-order chi connectivity index (χ0) is 19.5. The maximum Gasteiger partial charge on any atom is 0.573 e. The predicted molar refractivity (Wildman–Crippen MR) is 86.8 cm³/mol. The first kappa shape index (κ1) is 19.2. The number of benzene rings is 2. The number of nitro groups is 1. The minimum atomic E-state index is -4.77. The van der Waals surface area contributed by atoms with Crippen LogP contribution < -0.4 is 10.1 Å². The van der Waals surface area contributed by atoms with Crippen molar-refractivity contribution in [3.8, 4) is 5.75 Å². The highest BCUT2D eigenvalue weighted by molar-refractivity contribution is 5.95. The molecule has 0 aliphatic heterocycles. The lowest BCUT2D eigenvalue weighted by Crippen LogP contribution is -2.26. The number of rotatable bonds is 5. The Morgan fingerprint density at radius 3 is 2.31 bits per heavy atom. The molecule has 0 fully saturated rings. The largest absolute Gasteiger partial charge is 0.573 e. The van der Waals surface area contributed by atoms with Crippen LogP contribution in [0.3, 0.4) is 0 Å². The molecule has 0 radical (unpaired) electrons. The van der Waals surface area contributed by atoms with Gasteiger partial charge in [0.05, 0.1) is 11.0 Å². The highest BCUT2D eigenvalue weighted by atomic mass is 19.4. The number of alkyl halides is 3. The SMILES string of the molecule is Cc1cc(C(=O)NC(C)c2ccc(OC(F)(F)F)cc2)ccc1[N+](=O)[O-]. The Kier molecular flexibility index (Phi) is 5.49. The number of carbonyl (C=O) groups is 1. The van der Waals surface area contributed by atoms with Crippen molar-refractivity contribution < 1.29 is 27.6 Å². The summed E-state index contributed by atoms with van der Waals surface area (Å²) >= 11 is 0. The maximum atomic E-state index is 12.3. The van der Waals surface area contributed by atoms with E-state index in [-0.39, 0.29) is 17.0 Å². The molecule has 1 unspecified atom stereocenters. The van der Waals surface area contributed by atoms with Crippen LogP contribution in [0.2, 0.25) is 0 Å². The van der Waals surface area contributed by atoms with Crippen LogP contribution >= 0.6 is 0 Å². The summed E-state index contributed by atoms with van der Waals surface area (Å²) in [5.41, 5.74) is 1.09. The molecule has 0 saturated carbocycles. The highest BCUT2D eigenvalue weighted by Crippen LogP contribution is 2.25. The highest BCUT2D eigenvalue weighted by Gasteiger charge is 2.31. The van der Waals surface area contributed by atoms with E-state index in [2.05, 4.69) is 10.1 Å². The standard InChI is InChI=1S/C17H15F3N2O4/c1-10-9-13(5-8-15(10)22(24)25)16(23)21-11(2)12-3-6-14(7-4-12)26-17(18,19)20/h3-9,11H,1-2H3,(H,21,23). The van der Waals surface area contributed by atoms with Crippen LogP contribution in [0.15, 0.2) is 42.5 Å². The average molecular weight is 368 g/mol. The van der Waals surface area contributed by atoms with Gasteiger partial charge >= 0.3 is 6.36 Å². The quantitative estimate of drug-likeness (QED) is 0.630. The molecule has 1 amide bonds. The van der Waals surface area contributed by atoms with E-state index >= 15 is 0 Å². The molecule has 6 nitrogen and oxygen atoms in total. The Balaban J connectivity index is 2.07. The molecule has 2 aromatic carbocycles. The molecular weight excluding hydrogens is 353 g/mol. The Morgan fingerprint density at radius 2 is 1.81 bits per heavy atom. The number of halogens is 3. The number of nitro benzene ring substituents is 1. The summed E-state index contributed by atoms with van der Waals surface area (Å²) in [6.45, 7) is 3.19. The molecule has 9 heteroatoms. The van der Waals surface area contributed by atoms with Gasteiger partial charge in [0.25, 0.3) is 11.6 Å². The Hall–Kier alpha value is -3.10. The van der Waals surface area contributed by atoms with E-state index in [1.54, 1.807) is 6.92 Å². The van der Waals surface area contributed by atoms with E-state index in [0.29, 0.717) is 11.1 Å². The predicted octanol–water partition coefficient (Wildman–Crippen LogP) is 4.29.